The van der Waals surface area contributed by atoms with Gasteiger partial charge in [0.05, 0.1) is 6.54 Å². The summed E-state index contributed by atoms with van der Waals surface area (Å²) in [7, 11) is 0. The molecular weight excluding hydrogens is 266 g/mol. The summed E-state index contributed by atoms with van der Waals surface area (Å²) >= 11 is 0. The van der Waals surface area contributed by atoms with Crippen LogP contribution >= 0.6 is 0 Å². The fourth-order valence-corrected chi connectivity index (χ4v) is 1.63. The molecule has 108 valence electrons. The van der Waals surface area contributed by atoms with Gasteiger partial charge in [-0.05, 0) is 13.3 Å². The van der Waals surface area contributed by atoms with E-state index in [9.17, 15) is 8.78 Å². The van der Waals surface area contributed by atoms with Crippen LogP contribution in [0.15, 0.2) is 16.7 Å². The Balaban J connectivity index is 2.09. The van der Waals surface area contributed by atoms with Crippen LogP contribution in [-0.2, 0) is 6.54 Å². The molecule has 0 spiro atoms. The van der Waals surface area contributed by atoms with E-state index in [-0.39, 0.29) is 18.2 Å². The van der Waals surface area contributed by atoms with Crippen LogP contribution in [0.4, 0.5) is 20.4 Å². The lowest BCUT2D eigenvalue weighted by atomic mass is 10.3. The summed E-state index contributed by atoms with van der Waals surface area (Å²) in [5.41, 5.74) is 0.621. The summed E-state index contributed by atoms with van der Waals surface area (Å²) in [6.45, 7) is 4.53. The first kappa shape index (κ1) is 14.2. The molecule has 0 fully saturated rings. The Labute approximate surface area is 115 Å². The molecular formula is C13H16F2N4O. The number of halogens is 2. The highest BCUT2D eigenvalue weighted by Crippen LogP contribution is 2.19. The minimum atomic E-state index is -0.746. The molecule has 0 saturated heterocycles. The summed E-state index contributed by atoms with van der Waals surface area (Å²) in [6.07, 6.45) is 0.819. The van der Waals surface area contributed by atoms with E-state index in [4.69, 9.17) is 4.52 Å². The van der Waals surface area contributed by atoms with Gasteiger partial charge < -0.3 is 15.2 Å². The third-order valence-corrected chi connectivity index (χ3v) is 2.59. The number of nitrogens with one attached hydrogen (secondary N) is 2. The van der Waals surface area contributed by atoms with Crippen LogP contribution in [0.3, 0.4) is 0 Å². The van der Waals surface area contributed by atoms with Crippen LogP contribution in [0, 0.1) is 18.6 Å². The van der Waals surface area contributed by atoms with E-state index in [0.717, 1.165) is 12.5 Å². The number of nitrogens with zero attached hydrogens (tertiary/aromatic N) is 2. The van der Waals surface area contributed by atoms with Crippen molar-refractivity contribution >= 4 is 11.6 Å². The third-order valence-electron chi connectivity index (χ3n) is 2.59. The zero-order valence-corrected chi connectivity index (χ0v) is 11.3. The van der Waals surface area contributed by atoms with Gasteiger partial charge in [0.15, 0.2) is 23.3 Å². The normalized spacial score (nSPS) is 10.6. The molecule has 5 nitrogen and oxygen atoms in total. The fourth-order valence-electron chi connectivity index (χ4n) is 1.63. The van der Waals surface area contributed by atoms with Crippen LogP contribution in [0.25, 0.3) is 0 Å². The van der Waals surface area contributed by atoms with Crippen LogP contribution in [0.2, 0.25) is 0 Å². The SMILES string of the molecule is CCCNc1nc(NCc2cc(C)on2)c(F)cc1F. The average molecular weight is 282 g/mol. The molecule has 2 heterocycles. The van der Waals surface area contributed by atoms with Crippen molar-refractivity contribution in [3.05, 3.63) is 35.2 Å². The van der Waals surface area contributed by atoms with Crippen molar-refractivity contribution in [2.24, 2.45) is 0 Å². The highest BCUT2D eigenvalue weighted by Gasteiger charge is 2.12. The van der Waals surface area contributed by atoms with Gasteiger partial charge in [0, 0.05) is 18.7 Å². The molecule has 20 heavy (non-hydrogen) atoms. The first-order valence-corrected chi connectivity index (χ1v) is 6.36. The number of rotatable bonds is 6. The molecule has 7 heteroatoms. The van der Waals surface area contributed by atoms with Crippen molar-refractivity contribution < 1.29 is 13.3 Å². The van der Waals surface area contributed by atoms with E-state index in [1.165, 1.54) is 0 Å². The Kier molecular flexibility index (Phi) is 4.49. The van der Waals surface area contributed by atoms with E-state index in [0.29, 0.717) is 18.0 Å². The molecule has 2 aromatic rings. The minimum Gasteiger partial charge on any atom is -0.368 e. The second kappa shape index (κ2) is 6.31. The molecule has 2 N–H and O–H groups in total. The Hall–Kier alpha value is -2.18. The first-order valence-electron chi connectivity index (χ1n) is 6.36. The van der Waals surface area contributed by atoms with Crippen molar-refractivity contribution in [1.82, 2.24) is 10.1 Å². The molecule has 0 saturated carbocycles. The standard InChI is InChI=1S/C13H16F2N4O/c1-3-4-16-12-10(14)6-11(15)13(18-12)17-7-9-5-8(2)20-19-9/h5-6H,3-4,7H2,1-2H3,(H2,16,17,18). The molecule has 0 amide bonds. The first-order chi connectivity index (χ1) is 9.60. The highest BCUT2D eigenvalue weighted by molar-refractivity contribution is 5.47. The van der Waals surface area contributed by atoms with E-state index >= 15 is 0 Å². The molecule has 0 aliphatic heterocycles. The van der Waals surface area contributed by atoms with Crippen LogP contribution in [0.5, 0.6) is 0 Å². The van der Waals surface area contributed by atoms with Gasteiger partial charge in [0.1, 0.15) is 11.5 Å². The maximum Gasteiger partial charge on any atom is 0.168 e. The predicted octanol–water partition coefficient (Wildman–Crippen LogP) is 3.09. The number of hydrogen-bond donors (Lipinski definition) is 2. The summed E-state index contributed by atoms with van der Waals surface area (Å²) in [4.78, 5) is 3.90. The second-order valence-corrected chi connectivity index (χ2v) is 4.36. The van der Waals surface area contributed by atoms with Crippen molar-refractivity contribution in [1.29, 1.82) is 0 Å². The smallest absolute Gasteiger partial charge is 0.168 e. The zero-order chi connectivity index (χ0) is 14.5. The lowest BCUT2D eigenvalue weighted by Gasteiger charge is -2.09. The van der Waals surface area contributed by atoms with E-state index < -0.39 is 11.6 Å². The Morgan fingerprint density at radius 2 is 1.85 bits per heavy atom. The zero-order valence-electron chi connectivity index (χ0n) is 11.3. The molecule has 0 unspecified atom stereocenters. The van der Waals surface area contributed by atoms with Gasteiger partial charge in [0.25, 0.3) is 0 Å². The minimum absolute atomic E-state index is 0.0225. The number of hydrogen-bond acceptors (Lipinski definition) is 5. The maximum atomic E-state index is 13.6. The number of anilines is 2. The Morgan fingerprint density at radius 1 is 1.15 bits per heavy atom. The average Bonchev–Trinajstić information content (AvgIpc) is 2.82. The fraction of sp³-hybridized carbons (Fsp3) is 0.385. The van der Waals surface area contributed by atoms with Crippen molar-refractivity contribution in [2.45, 2.75) is 26.8 Å². The summed E-state index contributed by atoms with van der Waals surface area (Å²) in [5, 5.41) is 9.35. The topological polar surface area (TPSA) is 63.0 Å². The molecule has 2 rings (SSSR count). The van der Waals surface area contributed by atoms with E-state index in [1.807, 2.05) is 6.92 Å². The van der Waals surface area contributed by atoms with Gasteiger partial charge in [-0.1, -0.05) is 12.1 Å². The monoisotopic (exact) mass is 282 g/mol. The molecule has 0 bridgehead atoms. The van der Waals surface area contributed by atoms with Gasteiger partial charge in [-0.15, -0.1) is 0 Å². The molecule has 0 aromatic carbocycles. The largest absolute Gasteiger partial charge is 0.368 e. The molecule has 0 radical (unpaired) electrons. The number of aromatic nitrogens is 2. The van der Waals surface area contributed by atoms with Crippen molar-refractivity contribution in [2.75, 3.05) is 17.2 Å². The van der Waals surface area contributed by atoms with Gasteiger partial charge in [-0.3, -0.25) is 0 Å². The number of aryl methyl sites for hydroxylation is 1. The van der Waals surface area contributed by atoms with E-state index in [2.05, 4.69) is 20.8 Å². The van der Waals surface area contributed by atoms with Crippen LogP contribution in [0.1, 0.15) is 24.8 Å². The van der Waals surface area contributed by atoms with Crippen LogP contribution in [-0.4, -0.2) is 16.7 Å². The van der Waals surface area contributed by atoms with Gasteiger partial charge in [-0.25, -0.2) is 13.8 Å². The maximum absolute atomic E-state index is 13.6. The Morgan fingerprint density at radius 3 is 2.45 bits per heavy atom. The van der Waals surface area contributed by atoms with Gasteiger partial charge in [0.2, 0.25) is 0 Å². The van der Waals surface area contributed by atoms with Gasteiger partial charge >= 0.3 is 0 Å². The quantitative estimate of drug-likeness (QED) is 0.852. The van der Waals surface area contributed by atoms with Crippen molar-refractivity contribution in [3.8, 4) is 0 Å². The third kappa shape index (κ3) is 3.43. The Bertz CT molecular complexity index is 586. The number of pyridine rings is 1. The highest BCUT2D eigenvalue weighted by atomic mass is 19.1. The van der Waals surface area contributed by atoms with Crippen LogP contribution < -0.4 is 10.6 Å². The predicted molar refractivity (Wildman–Crippen MR) is 71.5 cm³/mol. The van der Waals surface area contributed by atoms with Gasteiger partial charge in [-0.2, -0.15) is 0 Å². The molecule has 2 aromatic heterocycles. The summed E-state index contributed by atoms with van der Waals surface area (Å²) in [5.74, 6) is -0.777. The van der Waals surface area contributed by atoms with Crippen molar-refractivity contribution in [3.63, 3.8) is 0 Å². The van der Waals surface area contributed by atoms with E-state index in [1.54, 1.807) is 13.0 Å². The summed E-state index contributed by atoms with van der Waals surface area (Å²) < 4.78 is 32.0. The molecule has 0 aliphatic carbocycles. The molecule has 0 atom stereocenters. The lowest BCUT2D eigenvalue weighted by molar-refractivity contribution is 0.391. The summed E-state index contributed by atoms with van der Waals surface area (Å²) in [6, 6.07) is 2.53. The molecule has 0 aliphatic rings. The second-order valence-electron chi connectivity index (χ2n) is 4.36. The lowest BCUT2D eigenvalue weighted by Crippen LogP contribution is -2.09.